The highest BCUT2D eigenvalue weighted by molar-refractivity contribution is 7.89. The number of aryl methyl sites for hydroxylation is 2. The van der Waals surface area contributed by atoms with Crippen LogP contribution in [0.1, 0.15) is 22.6 Å². The van der Waals surface area contributed by atoms with Gasteiger partial charge in [0.15, 0.2) is 0 Å². The molecule has 0 atom stereocenters. The maximum Gasteiger partial charge on any atom is 0.244 e. The Hall–Kier alpha value is -1.71. The number of H-pyrrole nitrogens is 2. The summed E-state index contributed by atoms with van der Waals surface area (Å²) in [7, 11) is -1.88. The van der Waals surface area contributed by atoms with E-state index in [1.165, 1.54) is 0 Å². The summed E-state index contributed by atoms with van der Waals surface area (Å²) in [6.45, 7) is 4.09. The minimum Gasteiger partial charge on any atom is -0.314 e. The van der Waals surface area contributed by atoms with Gasteiger partial charge < -0.3 is 5.32 Å². The van der Waals surface area contributed by atoms with Gasteiger partial charge in [-0.2, -0.15) is 10.2 Å². The zero-order valence-corrected chi connectivity index (χ0v) is 12.4. The minimum absolute atomic E-state index is 0.189. The average molecular weight is 298 g/mol. The van der Waals surface area contributed by atoms with Crippen LogP contribution >= 0.6 is 0 Å². The molecule has 110 valence electrons. The van der Waals surface area contributed by atoms with Crippen LogP contribution in [0.15, 0.2) is 11.1 Å². The third-order valence-electron chi connectivity index (χ3n) is 2.96. The van der Waals surface area contributed by atoms with Gasteiger partial charge in [0.25, 0.3) is 0 Å². The van der Waals surface area contributed by atoms with Gasteiger partial charge in [-0.25, -0.2) is 13.1 Å². The third kappa shape index (κ3) is 2.89. The van der Waals surface area contributed by atoms with Crippen LogP contribution < -0.4 is 10.0 Å². The van der Waals surface area contributed by atoms with Crippen LogP contribution in [0.5, 0.6) is 0 Å². The lowest BCUT2D eigenvalue weighted by Crippen LogP contribution is -2.25. The standard InChI is InChI=1S/C11H18N6O2S/c1-7-9(4-13-15-7)5-14-20(18,19)11-8(2)16-17-10(11)6-12-3/h4,12,14H,5-6H2,1-3H3,(H,13,15)(H,16,17). The molecule has 20 heavy (non-hydrogen) atoms. The van der Waals surface area contributed by atoms with E-state index in [1.54, 1.807) is 20.2 Å². The van der Waals surface area contributed by atoms with E-state index in [1.807, 2.05) is 6.92 Å². The van der Waals surface area contributed by atoms with Gasteiger partial charge in [0.1, 0.15) is 4.90 Å². The van der Waals surface area contributed by atoms with Gasteiger partial charge in [-0.3, -0.25) is 10.2 Å². The van der Waals surface area contributed by atoms with E-state index in [4.69, 9.17) is 0 Å². The van der Waals surface area contributed by atoms with Crippen molar-refractivity contribution in [3.63, 3.8) is 0 Å². The van der Waals surface area contributed by atoms with E-state index in [0.717, 1.165) is 11.3 Å². The number of nitrogens with zero attached hydrogens (tertiary/aromatic N) is 2. The first-order valence-electron chi connectivity index (χ1n) is 6.12. The minimum atomic E-state index is -3.62. The Morgan fingerprint density at radius 2 is 1.95 bits per heavy atom. The van der Waals surface area contributed by atoms with Gasteiger partial charge in [-0.1, -0.05) is 0 Å². The number of rotatable bonds is 6. The van der Waals surface area contributed by atoms with Crippen LogP contribution in [0, 0.1) is 13.8 Å². The second kappa shape index (κ2) is 5.73. The smallest absolute Gasteiger partial charge is 0.244 e. The van der Waals surface area contributed by atoms with Crippen molar-refractivity contribution < 1.29 is 8.42 Å². The Morgan fingerprint density at radius 3 is 2.55 bits per heavy atom. The number of hydrogen-bond acceptors (Lipinski definition) is 5. The fraction of sp³-hybridized carbons (Fsp3) is 0.455. The normalized spacial score (nSPS) is 11.9. The van der Waals surface area contributed by atoms with Gasteiger partial charge in [0, 0.05) is 24.3 Å². The molecular weight excluding hydrogens is 280 g/mol. The van der Waals surface area contributed by atoms with Gasteiger partial charge >= 0.3 is 0 Å². The Morgan fingerprint density at radius 1 is 1.20 bits per heavy atom. The van der Waals surface area contributed by atoms with Crippen molar-refractivity contribution in [2.45, 2.75) is 31.8 Å². The maximum atomic E-state index is 12.4. The number of aromatic nitrogens is 4. The van der Waals surface area contributed by atoms with Crippen LogP contribution in [0.2, 0.25) is 0 Å². The fourth-order valence-electron chi connectivity index (χ4n) is 1.91. The molecule has 0 bridgehead atoms. The van der Waals surface area contributed by atoms with E-state index >= 15 is 0 Å². The molecule has 0 saturated carbocycles. The number of nitrogens with one attached hydrogen (secondary N) is 4. The second-order valence-electron chi connectivity index (χ2n) is 4.50. The molecule has 0 radical (unpaired) electrons. The number of sulfonamides is 1. The SMILES string of the molecule is CNCc1n[nH]c(C)c1S(=O)(=O)NCc1cn[nH]c1C. The number of aromatic amines is 2. The maximum absolute atomic E-state index is 12.4. The van der Waals surface area contributed by atoms with Crippen LogP contribution in [0.4, 0.5) is 0 Å². The molecule has 2 heterocycles. The topological polar surface area (TPSA) is 116 Å². The highest BCUT2D eigenvalue weighted by Gasteiger charge is 2.23. The molecule has 0 fully saturated rings. The van der Waals surface area contributed by atoms with Crippen molar-refractivity contribution in [3.8, 4) is 0 Å². The summed E-state index contributed by atoms with van der Waals surface area (Å²) in [5, 5.41) is 16.2. The third-order valence-corrected chi connectivity index (χ3v) is 4.56. The molecule has 0 aliphatic rings. The highest BCUT2D eigenvalue weighted by Crippen LogP contribution is 2.17. The first-order chi connectivity index (χ1) is 9.45. The first-order valence-corrected chi connectivity index (χ1v) is 7.61. The van der Waals surface area contributed by atoms with Crippen LogP contribution in [0.25, 0.3) is 0 Å². The summed E-state index contributed by atoms with van der Waals surface area (Å²) >= 11 is 0. The summed E-state index contributed by atoms with van der Waals surface area (Å²) in [5.41, 5.74) is 2.64. The molecule has 0 aliphatic carbocycles. The van der Waals surface area contributed by atoms with E-state index < -0.39 is 10.0 Å². The predicted molar refractivity (Wildman–Crippen MR) is 73.4 cm³/mol. The van der Waals surface area contributed by atoms with E-state index in [-0.39, 0.29) is 11.4 Å². The van der Waals surface area contributed by atoms with E-state index in [0.29, 0.717) is 17.9 Å². The zero-order valence-electron chi connectivity index (χ0n) is 11.6. The summed E-state index contributed by atoms with van der Waals surface area (Å²) in [6.07, 6.45) is 1.61. The van der Waals surface area contributed by atoms with Crippen LogP contribution in [0.3, 0.4) is 0 Å². The second-order valence-corrected chi connectivity index (χ2v) is 6.20. The molecule has 0 aromatic carbocycles. The van der Waals surface area contributed by atoms with Gasteiger partial charge in [-0.05, 0) is 20.9 Å². The summed E-state index contributed by atoms with van der Waals surface area (Å²) in [5.74, 6) is 0. The van der Waals surface area contributed by atoms with Gasteiger partial charge in [0.05, 0.1) is 17.6 Å². The van der Waals surface area contributed by atoms with Crippen molar-refractivity contribution >= 4 is 10.0 Å². The van der Waals surface area contributed by atoms with Crippen LogP contribution in [-0.2, 0) is 23.1 Å². The molecule has 9 heteroatoms. The largest absolute Gasteiger partial charge is 0.314 e. The van der Waals surface area contributed by atoms with Crippen molar-refractivity contribution in [3.05, 3.63) is 28.8 Å². The quantitative estimate of drug-likeness (QED) is 0.596. The lowest BCUT2D eigenvalue weighted by atomic mass is 10.3. The molecule has 0 saturated heterocycles. The summed E-state index contributed by atoms with van der Waals surface area (Å²) in [6, 6.07) is 0. The van der Waals surface area contributed by atoms with Crippen LogP contribution in [-0.4, -0.2) is 35.9 Å². The molecule has 8 nitrogen and oxygen atoms in total. The van der Waals surface area contributed by atoms with Crippen molar-refractivity contribution in [2.75, 3.05) is 7.05 Å². The van der Waals surface area contributed by atoms with Crippen molar-refractivity contribution in [1.82, 2.24) is 30.4 Å². The lowest BCUT2D eigenvalue weighted by Gasteiger charge is -2.07. The van der Waals surface area contributed by atoms with Gasteiger partial charge in [-0.15, -0.1) is 0 Å². The molecule has 2 rings (SSSR count). The molecule has 4 N–H and O–H groups in total. The number of hydrogen-bond donors (Lipinski definition) is 4. The molecular formula is C11H18N6O2S. The molecule has 2 aromatic rings. The lowest BCUT2D eigenvalue weighted by molar-refractivity contribution is 0.578. The summed E-state index contributed by atoms with van der Waals surface area (Å²) in [4.78, 5) is 0.202. The Labute approximate surface area is 117 Å². The van der Waals surface area contributed by atoms with Crippen molar-refractivity contribution in [1.29, 1.82) is 0 Å². The Kier molecular flexibility index (Phi) is 4.21. The highest BCUT2D eigenvalue weighted by atomic mass is 32.2. The Balaban J connectivity index is 2.22. The molecule has 0 aliphatic heterocycles. The zero-order chi connectivity index (χ0) is 14.8. The molecule has 0 unspecified atom stereocenters. The molecule has 0 spiro atoms. The first kappa shape index (κ1) is 14.7. The van der Waals surface area contributed by atoms with Crippen molar-refractivity contribution in [2.24, 2.45) is 0 Å². The fourth-order valence-corrected chi connectivity index (χ4v) is 3.28. The van der Waals surface area contributed by atoms with E-state index in [2.05, 4.69) is 30.4 Å². The average Bonchev–Trinajstić information content (AvgIpc) is 2.94. The summed E-state index contributed by atoms with van der Waals surface area (Å²) < 4.78 is 27.3. The monoisotopic (exact) mass is 298 g/mol. The van der Waals surface area contributed by atoms with Gasteiger partial charge in [0.2, 0.25) is 10.0 Å². The predicted octanol–water partition coefficient (Wildman–Crippen LogP) is -0.0525. The Bertz CT molecular complexity index is 688. The molecule has 0 amide bonds. The van der Waals surface area contributed by atoms with E-state index in [9.17, 15) is 8.42 Å². The molecule has 2 aromatic heterocycles.